The maximum Gasteiger partial charge on any atom is 0.190 e. The van der Waals surface area contributed by atoms with Crippen LogP contribution in [0.1, 0.15) is 26.3 Å². The number of fused-ring (bicyclic) bond motifs is 2. The predicted molar refractivity (Wildman–Crippen MR) is 109 cm³/mol. The van der Waals surface area contributed by atoms with Crippen LogP contribution in [-0.4, -0.2) is 30.8 Å². The quantitative estimate of drug-likeness (QED) is 0.661. The fourth-order valence-corrected chi connectivity index (χ4v) is 4.34. The van der Waals surface area contributed by atoms with Crippen LogP contribution in [0.5, 0.6) is 11.5 Å². The fraction of sp³-hybridized carbons (Fsp3) is 0.150. The summed E-state index contributed by atoms with van der Waals surface area (Å²) >= 11 is 7.66. The van der Waals surface area contributed by atoms with E-state index in [1.165, 1.54) is 37.7 Å². The van der Waals surface area contributed by atoms with Crippen LogP contribution in [0.2, 0.25) is 5.02 Å². The summed E-state index contributed by atoms with van der Waals surface area (Å²) in [5, 5.41) is 4.51. The van der Waals surface area contributed by atoms with Crippen LogP contribution < -0.4 is 14.8 Å². The number of methoxy groups -OCH3 is 2. The standard InChI is InChI=1S/C20H15ClN2O4S/c1-26-14-8-10(19(27-2)17-13(25)7-6-12(24)16(14)17)9-22-20-23-18-11(21)4-3-5-15(18)28-20/h3-8H,9H2,1-2H3,(H,22,23). The van der Waals surface area contributed by atoms with Gasteiger partial charge in [-0.1, -0.05) is 29.0 Å². The van der Waals surface area contributed by atoms with Crippen molar-refractivity contribution < 1.29 is 19.1 Å². The molecule has 0 saturated carbocycles. The maximum atomic E-state index is 12.4. The topological polar surface area (TPSA) is 77.5 Å². The van der Waals surface area contributed by atoms with Crippen LogP contribution in [0, 0.1) is 0 Å². The van der Waals surface area contributed by atoms with Crippen LogP contribution in [0.4, 0.5) is 5.13 Å². The normalized spacial score (nSPS) is 13.0. The second-order valence-electron chi connectivity index (χ2n) is 6.04. The van der Waals surface area contributed by atoms with Gasteiger partial charge < -0.3 is 14.8 Å². The van der Waals surface area contributed by atoms with Gasteiger partial charge in [-0.3, -0.25) is 9.59 Å². The first-order valence-electron chi connectivity index (χ1n) is 8.37. The Bertz CT molecular complexity index is 1150. The molecule has 1 heterocycles. The average molecular weight is 415 g/mol. The van der Waals surface area contributed by atoms with Crippen LogP contribution >= 0.6 is 22.9 Å². The van der Waals surface area contributed by atoms with Crippen LogP contribution in [0.3, 0.4) is 0 Å². The van der Waals surface area contributed by atoms with Crippen molar-refractivity contribution in [1.82, 2.24) is 4.98 Å². The first-order valence-corrected chi connectivity index (χ1v) is 9.56. The predicted octanol–water partition coefficient (Wildman–Crippen LogP) is 4.51. The van der Waals surface area contributed by atoms with Crippen LogP contribution in [-0.2, 0) is 6.54 Å². The Labute approximate surface area is 169 Å². The number of benzene rings is 2. The van der Waals surface area contributed by atoms with E-state index in [4.69, 9.17) is 21.1 Å². The fourth-order valence-electron chi connectivity index (χ4n) is 3.18. The molecule has 1 aromatic heterocycles. The first kappa shape index (κ1) is 18.5. The van der Waals surface area contributed by atoms with Gasteiger partial charge in [0.05, 0.1) is 35.1 Å². The Balaban J connectivity index is 1.73. The third-order valence-electron chi connectivity index (χ3n) is 4.42. The molecule has 0 fully saturated rings. The minimum atomic E-state index is -0.293. The van der Waals surface area contributed by atoms with Gasteiger partial charge in [-0.25, -0.2) is 4.98 Å². The summed E-state index contributed by atoms with van der Waals surface area (Å²) in [7, 11) is 2.93. The van der Waals surface area contributed by atoms with E-state index in [1.54, 1.807) is 12.1 Å². The number of rotatable bonds is 5. The molecule has 0 unspecified atom stereocenters. The van der Waals surface area contributed by atoms with Gasteiger partial charge in [0.15, 0.2) is 16.7 Å². The van der Waals surface area contributed by atoms with Gasteiger partial charge in [0.2, 0.25) is 0 Å². The Morgan fingerprint density at radius 1 is 1.11 bits per heavy atom. The lowest BCUT2D eigenvalue weighted by Crippen LogP contribution is -2.17. The molecular formula is C20H15ClN2O4S. The van der Waals surface area contributed by atoms with Crippen molar-refractivity contribution >= 4 is 49.9 Å². The lowest BCUT2D eigenvalue weighted by Gasteiger charge is -2.20. The number of aromatic nitrogens is 1. The number of allylic oxidation sites excluding steroid dienone is 2. The molecule has 0 radical (unpaired) electrons. The van der Waals surface area contributed by atoms with Crippen LogP contribution in [0.25, 0.3) is 10.2 Å². The molecule has 0 bridgehead atoms. The molecule has 8 heteroatoms. The molecule has 142 valence electrons. The number of carbonyl (C=O) groups is 2. The number of ether oxygens (including phenoxy) is 2. The summed E-state index contributed by atoms with van der Waals surface area (Å²) in [6.07, 6.45) is 2.49. The summed E-state index contributed by atoms with van der Waals surface area (Å²) < 4.78 is 11.8. The van der Waals surface area contributed by atoms with Crippen molar-refractivity contribution in [2.24, 2.45) is 0 Å². The summed E-state index contributed by atoms with van der Waals surface area (Å²) in [4.78, 5) is 29.2. The summed E-state index contributed by atoms with van der Waals surface area (Å²) in [6.45, 7) is 0.329. The molecule has 28 heavy (non-hydrogen) atoms. The van der Waals surface area contributed by atoms with E-state index >= 15 is 0 Å². The van der Waals surface area contributed by atoms with Gasteiger partial charge in [-0.15, -0.1) is 0 Å². The summed E-state index contributed by atoms with van der Waals surface area (Å²) in [5.74, 6) is 0.108. The molecule has 1 N–H and O–H groups in total. The Morgan fingerprint density at radius 2 is 1.86 bits per heavy atom. The second kappa shape index (κ2) is 7.26. The molecule has 2 aromatic carbocycles. The van der Waals surface area contributed by atoms with Gasteiger partial charge >= 0.3 is 0 Å². The number of halogens is 1. The van der Waals surface area contributed by atoms with E-state index in [0.29, 0.717) is 33.8 Å². The highest BCUT2D eigenvalue weighted by Gasteiger charge is 2.29. The number of anilines is 1. The highest BCUT2D eigenvalue weighted by Crippen LogP contribution is 2.38. The van der Waals surface area contributed by atoms with Crippen LogP contribution in [0.15, 0.2) is 36.4 Å². The minimum absolute atomic E-state index is 0.221. The zero-order chi connectivity index (χ0) is 19.8. The van der Waals surface area contributed by atoms with E-state index in [2.05, 4.69) is 10.3 Å². The average Bonchev–Trinajstić information content (AvgIpc) is 3.12. The van der Waals surface area contributed by atoms with Gasteiger partial charge in [-0.2, -0.15) is 0 Å². The van der Waals surface area contributed by atoms with Crippen molar-refractivity contribution in [2.45, 2.75) is 6.54 Å². The van der Waals surface area contributed by atoms with E-state index in [1.807, 2.05) is 12.1 Å². The lowest BCUT2D eigenvalue weighted by atomic mass is 9.90. The molecule has 0 atom stereocenters. The third kappa shape index (κ3) is 3.02. The Morgan fingerprint density at radius 3 is 2.54 bits per heavy atom. The van der Waals surface area contributed by atoms with Crippen molar-refractivity contribution in [3.63, 3.8) is 0 Å². The third-order valence-corrected chi connectivity index (χ3v) is 5.71. The van der Waals surface area contributed by atoms with Gasteiger partial charge in [0.25, 0.3) is 0 Å². The molecule has 0 spiro atoms. The Kier molecular flexibility index (Phi) is 4.78. The molecule has 4 rings (SSSR count). The largest absolute Gasteiger partial charge is 0.496 e. The molecule has 6 nitrogen and oxygen atoms in total. The zero-order valence-corrected chi connectivity index (χ0v) is 16.6. The maximum absolute atomic E-state index is 12.4. The number of nitrogens with zero attached hydrogens (tertiary/aromatic N) is 1. The van der Waals surface area contributed by atoms with E-state index in [0.717, 1.165) is 10.2 Å². The summed E-state index contributed by atoms with van der Waals surface area (Å²) in [5.41, 5.74) is 1.86. The monoisotopic (exact) mass is 414 g/mol. The second-order valence-corrected chi connectivity index (χ2v) is 7.48. The van der Waals surface area contributed by atoms with Crippen molar-refractivity contribution in [3.8, 4) is 11.5 Å². The van der Waals surface area contributed by atoms with Gasteiger partial charge in [0.1, 0.15) is 17.0 Å². The van der Waals surface area contributed by atoms with E-state index < -0.39 is 0 Å². The highest BCUT2D eigenvalue weighted by molar-refractivity contribution is 7.22. The van der Waals surface area contributed by atoms with Crippen molar-refractivity contribution in [1.29, 1.82) is 0 Å². The van der Waals surface area contributed by atoms with Crippen molar-refractivity contribution in [2.75, 3.05) is 19.5 Å². The molecule has 1 aliphatic carbocycles. The van der Waals surface area contributed by atoms with Gasteiger partial charge in [-0.05, 0) is 30.4 Å². The number of hydrogen-bond donors (Lipinski definition) is 1. The number of carbonyl (C=O) groups excluding carboxylic acids is 2. The van der Waals surface area contributed by atoms with Gasteiger partial charge in [0, 0.05) is 12.1 Å². The summed E-state index contributed by atoms with van der Waals surface area (Å²) in [6, 6.07) is 7.32. The zero-order valence-electron chi connectivity index (χ0n) is 15.0. The van der Waals surface area contributed by atoms with E-state index in [9.17, 15) is 9.59 Å². The number of ketones is 2. The number of para-hydroxylation sites is 1. The molecule has 3 aromatic rings. The van der Waals surface area contributed by atoms with E-state index in [-0.39, 0.29) is 22.7 Å². The number of nitrogens with one attached hydrogen (secondary N) is 1. The first-order chi connectivity index (χ1) is 13.5. The number of hydrogen-bond acceptors (Lipinski definition) is 7. The highest BCUT2D eigenvalue weighted by atomic mass is 35.5. The lowest BCUT2D eigenvalue weighted by molar-refractivity contribution is 0.0988. The SMILES string of the molecule is COc1cc(CNc2nc3c(Cl)cccc3s2)c(OC)c2c1C(=O)C=CC2=O. The number of thiazole rings is 1. The molecule has 0 aliphatic heterocycles. The Hall–Kier alpha value is -2.90. The smallest absolute Gasteiger partial charge is 0.190 e. The van der Waals surface area contributed by atoms with Crippen molar-refractivity contribution in [3.05, 3.63) is 58.1 Å². The molecule has 0 amide bonds. The molecule has 0 saturated heterocycles. The molecular weight excluding hydrogens is 400 g/mol. The molecule has 1 aliphatic rings. The minimum Gasteiger partial charge on any atom is -0.496 e.